The van der Waals surface area contributed by atoms with Gasteiger partial charge in [-0.25, -0.2) is 9.18 Å². The van der Waals surface area contributed by atoms with Gasteiger partial charge in [0.05, 0.1) is 16.1 Å². The van der Waals surface area contributed by atoms with Crippen LogP contribution in [-0.2, 0) is 0 Å². The quantitative estimate of drug-likeness (QED) is 0.738. The lowest BCUT2D eigenvalue weighted by Gasteiger charge is -2.04. The minimum Gasteiger partial charge on any atom is -0.408 e. The summed E-state index contributed by atoms with van der Waals surface area (Å²) in [6, 6.07) is 8.38. The van der Waals surface area contributed by atoms with E-state index in [9.17, 15) is 14.0 Å². The minimum absolute atomic E-state index is 0.0330. The number of aromatic amines is 1. The van der Waals surface area contributed by atoms with Crippen LogP contribution in [0.3, 0.4) is 0 Å². The maximum Gasteiger partial charge on any atom is 0.417 e. The van der Waals surface area contributed by atoms with Crippen LogP contribution in [0, 0.1) is 5.82 Å². The Morgan fingerprint density at radius 2 is 2.05 bits per heavy atom. The third-order valence-corrected chi connectivity index (χ3v) is 3.19. The van der Waals surface area contributed by atoms with E-state index in [1.807, 2.05) is 0 Å². The third kappa shape index (κ3) is 2.02. The van der Waals surface area contributed by atoms with Crippen LogP contribution in [0.5, 0.6) is 0 Å². The summed E-state index contributed by atoms with van der Waals surface area (Å²) in [4.78, 5) is 25.8. The lowest BCUT2D eigenvalue weighted by Crippen LogP contribution is -2.05. The summed E-state index contributed by atoms with van der Waals surface area (Å²) < 4.78 is 18.6. The van der Waals surface area contributed by atoms with Crippen molar-refractivity contribution < 1.29 is 13.6 Å². The number of hydrogen-bond donors (Lipinski definition) is 1. The summed E-state index contributed by atoms with van der Waals surface area (Å²) in [5.74, 6) is -1.88. The van der Waals surface area contributed by atoms with E-state index in [-0.39, 0.29) is 21.7 Å². The number of carbonyl (C=O) groups is 1. The van der Waals surface area contributed by atoms with Gasteiger partial charge in [0.25, 0.3) is 0 Å². The molecule has 0 atom stereocenters. The molecule has 0 aliphatic heterocycles. The fourth-order valence-corrected chi connectivity index (χ4v) is 2.19. The lowest BCUT2D eigenvalue weighted by molar-refractivity contribution is 0.103. The van der Waals surface area contributed by atoms with Gasteiger partial charge in [0.15, 0.2) is 11.4 Å². The van der Waals surface area contributed by atoms with Crippen molar-refractivity contribution in [2.75, 3.05) is 0 Å². The van der Waals surface area contributed by atoms with E-state index in [4.69, 9.17) is 16.0 Å². The Hall–Kier alpha value is -2.40. The molecule has 1 N–H and O–H groups in total. The number of halogens is 2. The Morgan fingerprint density at radius 1 is 1.25 bits per heavy atom. The second kappa shape index (κ2) is 4.61. The molecule has 0 saturated heterocycles. The number of H-pyrrole nitrogens is 1. The van der Waals surface area contributed by atoms with Crippen LogP contribution >= 0.6 is 11.6 Å². The van der Waals surface area contributed by atoms with E-state index in [0.29, 0.717) is 5.52 Å². The SMILES string of the molecule is O=C(c1ccc2[nH]c(=O)oc2c1)c1c(F)cccc1Cl. The smallest absolute Gasteiger partial charge is 0.408 e. The predicted molar refractivity (Wildman–Crippen MR) is 71.7 cm³/mol. The highest BCUT2D eigenvalue weighted by molar-refractivity contribution is 6.35. The number of rotatable bonds is 2. The Labute approximate surface area is 116 Å². The van der Waals surface area contributed by atoms with Gasteiger partial charge >= 0.3 is 5.76 Å². The summed E-state index contributed by atoms with van der Waals surface area (Å²) in [5.41, 5.74) is 0.679. The van der Waals surface area contributed by atoms with Crippen LogP contribution in [0.1, 0.15) is 15.9 Å². The molecule has 4 nitrogen and oxygen atoms in total. The van der Waals surface area contributed by atoms with Gasteiger partial charge in [-0.3, -0.25) is 9.78 Å². The molecule has 0 aliphatic carbocycles. The molecule has 0 fully saturated rings. The molecule has 20 heavy (non-hydrogen) atoms. The molecule has 0 bridgehead atoms. The van der Waals surface area contributed by atoms with Crippen molar-refractivity contribution in [2.24, 2.45) is 0 Å². The Morgan fingerprint density at radius 3 is 2.80 bits per heavy atom. The van der Waals surface area contributed by atoms with Crippen molar-refractivity contribution in [1.29, 1.82) is 0 Å². The summed E-state index contributed by atoms with van der Waals surface area (Å²) in [6.07, 6.45) is 0. The standard InChI is InChI=1S/C14H7ClFNO3/c15-8-2-1-3-9(16)12(8)13(18)7-4-5-10-11(6-7)20-14(19)17-10/h1-6H,(H,17,19). The molecule has 100 valence electrons. The molecule has 0 amide bonds. The van der Waals surface area contributed by atoms with Gasteiger partial charge in [-0.1, -0.05) is 17.7 Å². The van der Waals surface area contributed by atoms with E-state index < -0.39 is 17.4 Å². The zero-order valence-electron chi connectivity index (χ0n) is 9.94. The highest BCUT2D eigenvalue weighted by Gasteiger charge is 2.18. The molecular formula is C14H7ClFNO3. The van der Waals surface area contributed by atoms with E-state index in [0.717, 1.165) is 6.07 Å². The van der Waals surface area contributed by atoms with Crippen molar-refractivity contribution in [3.05, 3.63) is 68.9 Å². The predicted octanol–water partition coefficient (Wildman–Crippen LogP) is 3.14. The zero-order valence-corrected chi connectivity index (χ0v) is 10.7. The van der Waals surface area contributed by atoms with Gasteiger partial charge in [-0.15, -0.1) is 0 Å². The van der Waals surface area contributed by atoms with E-state index >= 15 is 0 Å². The zero-order chi connectivity index (χ0) is 14.3. The van der Waals surface area contributed by atoms with Crippen LogP contribution in [0.15, 0.2) is 45.6 Å². The first-order chi connectivity index (χ1) is 9.56. The number of aromatic nitrogens is 1. The fourth-order valence-electron chi connectivity index (χ4n) is 1.95. The molecule has 0 spiro atoms. The van der Waals surface area contributed by atoms with Crippen LogP contribution in [-0.4, -0.2) is 10.8 Å². The molecule has 0 unspecified atom stereocenters. The Kier molecular flexibility index (Phi) is 2.91. The number of ketones is 1. The Balaban J connectivity index is 2.15. The monoisotopic (exact) mass is 291 g/mol. The van der Waals surface area contributed by atoms with E-state index in [1.165, 1.54) is 30.3 Å². The number of nitrogens with one attached hydrogen (secondary N) is 1. The lowest BCUT2D eigenvalue weighted by atomic mass is 10.0. The average molecular weight is 292 g/mol. The second-order valence-corrected chi connectivity index (χ2v) is 4.56. The summed E-state index contributed by atoms with van der Waals surface area (Å²) in [5, 5.41) is 0.0330. The minimum atomic E-state index is -0.696. The molecule has 0 radical (unpaired) electrons. The highest BCUT2D eigenvalue weighted by Crippen LogP contribution is 2.23. The van der Waals surface area contributed by atoms with Crippen LogP contribution in [0.4, 0.5) is 4.39 Å². The molecular weight excluding hydrogens is 285 g/mol. The molecule has 3 rings (SSSR count). The summed E-state index contributed by atoms with van der Waals surface area (Å²) in [7, 11) is 0. The summed E-state index contributed by atoms with van der Waals surface area (Å²) in [6.45, 7) is 0. The van der Waals surface area contributed by atoms with Crippen molar-refractivity contribution in [3.63, 3.8) is 0 Å². The maximum atomic E-state index is 13.7. The first kappa shape index (κ1) is 12.6. The van der Waals surface area contributed by atoms with Crippen LogP contribution < -0.4 is 5.76 Å². The molecule has 1 heterocycles. The van der Waals surface area contributed by atoms with Crippen molar-refractivity contribution in [2.45, 2.75) is 0 Å². The summed E-state index contributed by atoms with van der Waals surface area (Å²) >= 11 is 5.86. The van der Waals surface area contributed by atoms with Gasteiger partial charge in [0.1, 0.15) is 5.82 Å². The number of benzene rings is 2. The Bertz CT molecular complexity index is 861. The number of carbonyl (C=O) groups excluding carboxylic acids is 1. The fraction of sp³-hybridized carbons (Fsp3) is 0. The van der Waals surface area contributed by atoms with Crippen molar-refractivity contribution in [1.82, 2.24) is 4.98 Å². The van der Waals surface area contributed by atoms with Crippen LogP contribution in [0.25, 0.3) is 11.1 Å². The molecule has 0 aliphatic rings. The largest absolute Gasteiger partial charge is 0.417 e. The number of hydrogen-bond acceptors (Lipinski definition) is 3. The van der Waals surface area contributed by atoms with Gasteiger partial charge in [0.2, 0.25) is 0 Å². The molecule has 6 heteroatoms. The van der Waals surface area contributed by atoms with Crippen LogP contribution in [0.2, 0.25) is 5.02 Å². The number of oxazole rings is 1. The first-order valence-corrected chi connectivity index (χ1v) is 6.05. The second-order valence-electron chi connectivity index (χ2n) is 4.15. The third-order valence-electron chi connectivity index (χ3n) is 2.87. The normalized spacial score (nSPS) is 10.9. The van der Waals surface area contributed by atoms with Gasteiger partial charge in [0, 0.05) is 5.56 Å². The van der Waals surface area contributed by atoms with E-state index in [2.05, 4.69) is 4.98 Å². The molecule has 0 saturated carbocycles. The van der Waals surface area contributed by atoms with Crippen molar-refractivity contribution in [3.8, 4) is 0 Å². The number of fused-ring (bicyclic) bond motifs is 1. The topological polar surface area (TPSA) is 63.1 Å². The molecule has 1 aromatic heterocycles. The highest BCUT2D eigenvalue weighted by atomic mass is 35.5. The van der Waals surface area contributed by atoms with Gasteiger partial charge in [-0.2, -0.15) is 0 Å². The maximum absolute atomic E-state index is 13.7. The molecule has 3 aromatic rings. The van der Waals surface area contributed by atoms with Crippen molar-refractivity contribution >= 4 is 28.5 Å². The van der Waals surface area contributed by atoms with Gasteiger partial charge in [-0.05, 0) is 30.3 Å². The average Bonchev–Trinajstić information content (AvgIpc) is 2.77. The van der Waals surface area contributed by atoms with Gasteiger partial charge < -0.3 is 4.42 Å². The van der Waals surface area contributed by atoms with E-state index in [1.54, 1.807) is 0 Å². The molecule has 2 aromatic carbocycles. The first-order valence-electron chi connectivity index (χ1n) is 5.68.